The standard InChI is InChI=1S/C33H30FN7O3/c1-39-20-36-17-24(39)18-41-28-14-22(32(42)43)7-8-27(28)37-31(41)25-15-33(25)9-11-40(12-10-33)29-3-2-4-30(38-29)44-19-23-6-5-21(16-35)13-26(23)34/h2-8,13-14,17,20,25H,9-12,15,18-19H2,1H3,(H,42,43). The summed E-state index contributed by atoms with van der Waals surface area (Å²) in [7, 11) is 1.96. The molecule has 1 unspecified atom stereocenters. The van der Waals surface area contributed by atoms with Gasteiger partial charge in [-0.2, -0.15) is 10.2 Å². The number of carbonyl (C=O) groups is 1. The Bertz CT molecular complexity index is 1930. The van der Waals surface area contributed by atoms with E-state index in [9.17, 15) is 14.3 Å². The number of hydrogen-bond donors (Lipinski definition) is 1. The zero-order valence-corrected chi connectivity index (χ0v) is 24.2. The van der Waals surface area contributed by atoms with Gasteiger partial charge in [0.1, 0.15) is 24.1 Å². The quantitative estimate of drug-likeness (QED) is 0.259. The third kappa shape index (κ3) is 5.02. The molecule has 1 atom stereocenters. The minimum absolute atomic E-state index is 0.0204. The van der Waals surface area contributed by atoms with Crippen LogP contribution in [-0.4, -0.2) is 48.3 Å². The van der Waals surface area contributed by atoms with Crippen molar-refractivity contribution in [3.8, 4) is 11.9 Å². The van der Waals surface area contributed by atoms with Gasteiger partial charge in [-0.3, -0.25) is 0 Å². The van der Waals surface area contributed by atoms with Crippen molar-refractivity contribution in [2.24, 2.45) is 12.5 Å². The van der Waals surface area contributed by atoms with E-state index in [2.05, 4.69) is 14.5 Å². The number of nitriles is 1. The number of piperidine rings is 1. The van der Waals surface area contributed by atoms with Gasteiger partial charge in [0.2, 0.25) is 5.88 Å². The summed E-state index contributed by atoms with van der Waals surface area (Å²) in [5.74, 6) is 1.09. The van der Waals surface area contributed by atoms with Crippen molar-refractivity contribution in [3.63, 3.8) is 0 Å². The number of aryl methyl sites for hydroxylation is 1. The van der Waals surface area contributed by atoms with Gasteiger partial charge in [0.05, 0.1) is 46.8 Å². The number of carboxylic acids is 1. The van der Waals surface area contributed by atoms with E-state index in [1.54, 1.807) is 42.7 Å². The molecular formula is C33H30FN7O3. The van der Waals surface area contributed by atoms with Gasteiger partial charge in [-0.1, -0.05) is 12.1 Å². The maximum atomic E-state index is 14.3. The number of imidazole rings is 2. The van der Waals surface area contributed by atoms with Gasteiger partial charge in [-0.25, -0.2) is 19.2 Å². The number of rotatable bonds is 8. The van der Waals surface area contributed by atoms with E-state index in [-0.39, 0.29) is 29.1 Å². The van der Waals surface area contributed by atoms with Crippen molar-refractivity contribution in [1.29, 1.82) is 5.26 Å². The van der Waals surface area contributed by atoms with Crippen LogP contribution in [0.25, 0.3) is 11.0 Å². The highest BCUT2D eigenvalue weighted by Gasteiger charge is 2.57. The Balaban J connectivity index is 1.07. The molecule has 0 bridgehead atoms. The fourth-order valence-corrected chi connectivity index (χ4v) is 6.40. The number of benzene rings is 2. The summed E-state index contributed by atoms with van der Waals surface area (Å²) in [5.41, 5.74) is 3.66. The highest BCUT2D eigenvalue weighted by molar-refractivity contribution is 5.92. The molecular weight excluding hydrogens is 561 g/mol. The molecule has 1 spiro atoms. The molecule has 3 aromatic heterocycles. The molecule has 2 aromatic carbocycles. The predicted molar refractivity (Wildman–Crippen MR) is 160 cm³/mol. The van der Waals surface area contributed by atoms with E-state index in [0.29, 0.717) is 18.0 Å². The lowest BCUT2D eigenvalue weighted by molar-refractivity contribution is 0.0697. The molecule has 7 rings (SSSR count). The lowest BCUT2D eigenvalue weighted by Crippen LogP contribution is -2.35. The Morgan fingerprint density at radius 3 is 2.73 bits per heavy atom. The molecule has 0 radical (unpaired) electrons. The van der Waals surface area contributed by atoms with E-state index in [4.69, 9.17) is 20.0 Å². The first kappa shape index (κ1) is 27.6. The average Bonchev–Trinajstić information content (AvgIpc) is 3.36. The van der Waals surface area contributed by atoms with Crippen LogP contribution in [0.3, 0.4) is 0 Å². The van der Waals surface area contributed by atoms with Crippen LogP contribution in [0, 0.1) is 22.6 Å². The Kier molecular flexibility index (Phi) is 6.77. The first-order chi connectivity index (χ1) is 21.3. The lowest BCUT2D eigenvalue weighted by atomic mass is 9.90. The monoisotopic (exact) mass is 591 g/mol. The van der Waals surface area contributed by atoms with Crippen molar-refractivity contribution in [1.82, 2.24) is 24.1 Å². The van der Waals surface area contributed by atoms with Gasteiger partial charge >= 0.3 is 5.97 Å². The number of anilines is 1. The second kappa shape index (κ2) is 10.8. The highest BCUT2D eigenvalue weighted by atomic mass is 19.1. The summed E-state index contributed by atoms with van der Waals surface area (Å²) >= 11 is 0. The van der Waals surface area contributed by atoms with Crippen molar-refractivity contribution >= 4 is 22.8 Å². The smallest absolute Gasteiger partial charge is 0.335 e. The number of carboxylic acid groups (broad SMARTS) is 1. The summed E-state index contributed by atoms with van der Waals surface area (Å²) in [5, 5.41) is 18.6. The van der Waals surface area contributed by atoms with Gasteiger partial charge < -0.3 is 23.9 Å². The first-order valence-corrected chi connectivity index (χ1v) is 14.6. The van der Waals surface area contributed by atoms with Crippen LogP contribution in [0.2, 0.25) is 0 Å². The van der Waals surface area contributed by atoms with Crippen molar-refractivity contribution < 1.29 is 19.0 Å². The van der Waals surface area contributed by atoms with Gasteiger partial charge in [0.25, 0.3) is 0 Å². The van der Waals surface area contributed by atoms with Gasteiger partial charge in [0.15, 0.2) is 0 Å². The number of ether oxygens (including phenoxy) is 1. The van der Waals surface area contributed by atoms with E-state index < -0.39 is 11.8 Å². The molecule has 1 saturated heterocycles. The summed E-state index contributed by atoms with van der Waals surface area (Å²) in [6, 6.07) is 17.0. The fraction of sp³-hybridized carbons (Fsp3) is 0.303. The van der Waals surface area contributed by atoms with E-state index >= 15 is 0 Å². The number of halogens is 1. The predicted octanol–water partition coefficient (Wildman–Crippen LogP) is 5.28. The SMILES string of the molecule is Cn1cncc1Cn1c(C2CC23CCN(c2cccc(OCc4ccc(C#N)cc4F)n2)CC3)nc2ccc(C(=O)O)cc21. The van der Waals surface area contributed by atoms with Crippen molar-refractivity contribution in [2.75, 3.05) is 18.0 Å². The normalized spacial score (nSPS) is 17.1. The van der Waals surface area contributed by atoms with Gasteiger partial charge in [0, 0.05) is 43.9 Å². The Hall–Kier alpha value is -5.24. The average molecular weight is 592 g/mol. The zero-order valence-electron chi connectivity index (χ0n) is 24.2. The minimum Gasteiger partial charge on any atom is -0.478 e. The molecule has 11 heteroatoms. The summed E-state index contributed by atoms with van der Waals surface area (Å²) in [6.45, 7) is 2.25. The Morgan fingerprint density at radius 1 is 1.16 bits per heavy atom. The van der Waals surface area contributed by atoms with Crippen LogP contribution in [0.5, 0.6) is 5.88 Å². The van der Waals surface area contributed by atoms with Crippen LogP contribution in [0.1, 0.15) is 58.2 Å². The highest BCUT2D eigenvalue weighted by Crippen LogP contribution is 2.65. The van der Waals surface area contributed by atoms with Gasteiger partial charge in [-0.05, 0) is 61.1 Å². The molecule has 1 saturated carbocycles. The van der Waals surface area contributed by atoms with Crippen LogP contribution in [0.15, 0.2) is 67.1 Å². The molecule has 44 heavy (non-hydrogen) atoms. The molecule has 2 aliphatic rings. The Morgan fingerprint density at radius 2 is 2.00 bits per heavy atom. The molecule has 4 heterocycles. The first-order valence-electron chi connectivity index (χ1n) is 14.6. The third-order valence-electron chi connectivity index (χ3n) is 9.11. The number of aromatic nitrogens is 5. The molecule has 222 valence electrons. The molecule has 5 aromatic rings. The molecule has 1 N–H and O–H groups in total. The largest absolute Gasteiger partial charge is 0.478 e. The fourth-order valence-electron chi connectivity index (χ4n) is 6.40. The molecule has 10 nitrogen and oxygen atoms in total. The van der Waals surface area contributed by atoms with Crippen LogP contribution in [-0.2, 0) is 20.2 Å². The number of pyridine rings is 1. The zero-order chi connectivity index (χ0) is 30.4. The number of nitrogens with zero attached hydrogens (tertiary/aromatic N) is 7. The maximum Gasteiger partial charge on any atom is 0.335 e. The molecule has 1 aliphatic carbocycles. The maximum absolute atomic E-state index is 14.3. The van der Waals surface area contributed by atoms with Crippen LogP contribution >= 0.6 is 0 Å². The van der Waals surface area contributed by atoms with Crippen LogP contribution in [0.4, 0.5) is 10.2 Å². The Labute approximate surface area is 253 Å². The second-order valence-electron chi connectivity index (χ2n) is 11.7. The van der Waals surface area contributed by atoms with Crippen LogP contribution < -0.4 is 9.64 Å². The summed E-state index contributed by atoms with van der Waals surface area (Å²) in [4.78, 5) is 28.0. The number of aromatic carboxylic acids is 1. The van der Waals surface area contributed by atoms with E-state index in [1.807, 2.05) is 36.0 Å². The minimum atomic E-state index is -0.957. The number of hydrogen-bond acceptors (Lipinski definition) is 7. The van der Waals surface area contributed by atoms with E-state index in [1.165, 1.54) is 6.07 Å². The van der Waals surface area contributed by atoms with Crippen molar-refractivity contribution in [3.05, 3.63) is 101 Å². The lowest BCUT2D eigenvalue weighted by Gasteiger charge is -2.34. The number of fused-ring (bicyclic) bond motifs is 1. The van der Waals surface area contributed by atoms with Gasteiger partial charge in [-0.15, -0.1) is 0 Å². The third-order valence-corrected chi connectivity index (χ3v) is 9.11. The second-order valence-corrected chi connectivity index (χ2v) is 11.7. The molecule has 2 fully saturated rings. The molecule has 0 amide bonds. The van der Waals surface area contributed by atoms with Crippen molar-refractivity contribution in [2.45, 2.75) is 38.3 Å². The summed E-state index contributed by atoms with van der Waals surface area (Å²) in [6.07, 6.45) is 6.61. The molecule has 1 aliphatic heterocycles. The van der Waals surface area contributed by atoms with E-state index in [0.717, 1.165) is 60.7 Å². The topological polar surface area (TPSA) is 122 Å². The summed E-state index contributed by atoms with van der Waals surface area (Å²) < 4.78 is 24.3.